The van der Waals surface area contributed by atoms with Crippen LogP contribution in [0, 0.1) is 5.82 Å². The molecular weight excluding hydrogens is 295 g/mol. The smallest absolute Gasteiger partial charge is 0.240 e. The Labute approximate surface area is 124 Å². The molecule has 0 amide bonds. The van der Waals surface area contributed by atoms with Gasteiger partial charge in [-0.1, -0.05) is 6.07 Å². The van der Waals surface area contributed by atoms with Crippen molar-refractivity contribution in [2.75, 3.05) is 20.2 Å². The largest absolute Gasteiger partial charge is 0.378 e. The molecule has 1 aromatic rings. The first-order chi connectivity index (χ1) is 10.0. The molecule has 0 aromatic heterocycles. The topological polar surface area (TPSA) is 67.4 Å². The SMILES string of the molecule is CNCc1ccc(F)cc1S(=O)(=O)NCCC1CCCO1. The van der Waals surface area contributed by atoms with Crippen molar-refractivity contribution in [1.82, 2.24) is 10.0 Å². The maximum absolute atomic E-state index is 13.4. The van der Waals surface area contributed by atoms with Gasteiger partial charge in [0.25, 0.3) is 0 Å². The maximum Gasteiger partial charge on any atom is 0.240 e. The van der Waals surface area contributed by atoms with Gasteiger partial charge in [0.2, 0.25) is 10.0 Å². The molecule has 1 saturated heterocycles. The van der Waals surface area contributed by atoms with Crippen molar-refractivity contribution < 1.29 is 17.5 Å². The predicted molar refractivity (Wildman–Crippen MR) is 77.9 cm³/mol. The van der Waals surface area contributed by atoms with Gasteiger partial charge in [-0.3, -0.25) is 0 Å². The number of rotatable bonds is 7. The highest BCUT2D eigenvalue weighted by Gasteiger charge is 2.20. The fraction of sp³-hybridized carbons (Fsp3) is 0.571. The second-order valence-corrected chi connectivity index (χ2v) is 6.84. The number of nitrogens with one attached hydrogen (secondary N) is 2. The highest BCUT2D eigenvalue weighted by Crippen LogP contribution is 2.18. The van der Waals surface area contributed by atoms with E-state index in [2.05, 4.69) is 10.0 Å². The van der Waals surface area contributed by atoms with Gasteiger partial charge in [0.15, 0.2) is 0 Å². The van der Waals surface area contributed by atoms with E-state index >= 15 is 0 Å². The van der Waals surface area contributed by atoms with Gasteiger partial charge in [-0.2, -0.15) is 0 Å². The van der Waals surface area contributed by atoms with Crippen LogP contribution in [0.15, 0.2) is 23.1 Å². The molecule has 0 radical (unpaired) electrons. The van der Waals surface area contributed by atoms with Gasteiger partial charge in [-0.15, -0.1) is 0 Å². The van der Waals surface area contributed by atoms with Crippen LogP contribution in [-0.4, -0.2) is 34.7 Å². The maximum atomic E-state index is 13.4. The molecule has 0 aliphatic carbocycles. The standard InChI is InChI=1S/C14H21FN2O3S/c1-16-10-11-4-5-12(15)9-14(11)21(18,19)17-7-6-13-3-2-8-20-13/h4-5,9,13,16-17H,2-3,6-8,10H2,1H3. The molecule has 1 heterocycles. The lowest BCUT2D eigenvalue weighted by molar-refractivity contribution is 0.105. The Kier molecular flexibility index (Phi) is 5.69. The lowest BCUT2D eigenvalue weighted by atomic mass is 10.2. The first-order valence-corrected chi connectivity index (χ1v) is 8.55. The molecule has 2 rings (SSSR count). The molecule has 1 unspecified atom stereocenters. The Morgan fingerprint density at radius 3 is 2.90 bits per heavy atom. The number of hydrogen-bond acceptors (Lipinski definition) is 4. The monoisotopic (exact) mass is 316 g/mol. The van der Waals surface area contributed by atoms with E-state index in [9.17, 15) is 12.8 Å². The van der Waals surface area contributed by atoms with Crippen molar-refractivity contribution in [2.24, 2.45) is 0 Å². The van der Waals surface area contributed by atoms with Gasteiger partial charge < -0.3 is 10.1 Å². The molecule has 1 aliphatic heterocycles. The summed E-state index contributed by atoms with van der Waals surface area (Å²) in [6.45, 7) is 1.40. The minimum Gasteiger partial charge on any atom is -0.378 e. The zero-order valence-corrected chi connectivity index (χ0v) is 12.9. The van der Waals surface area contributed by atoms with Crippen LogP contribution in [0.1, 0.15) is 24.8 Å². The summed E-state index contributed by atoms with van der Waals surface area (Å²) >= 11 is 0. The number of halogens is 1. The third-order valence-corrected chi connectivity index (χ3v) is 5.01. The van der Waals surface area contributed by atoms with Crippen molar-refractivity contribution in [3.05, 3.63) is 29.6 Å². The minimum absolute atomic E-state index is 0.0100. The number of benzene rings is 1. The zero-order valence-electron chi connectivity index (χ0n) is 12.1. The predicted octanol–water partition coefficient (Wildman–Crippen LogP) is 1.39. The number of sulfonamides is 1. The minimum atomic E-state index is -3.71. The third-order valence-electron chi connectivity index (χ3n) is 3.47. The molecule has 1 fully saturated rings. The summed E-state index contributed by atoms with van der Waals surface area (Å²) in [5.74, 6) is -0.561. The van der Waals surface area contributed by atoms with Crippen LogP contribution >= 0.6 is 0 Å². The van der Waals surface area contributed by atoms with Crippen LogP contribution in [0.3, 0.4) is 0 Å². The van der Waals surface area contributed by atoms with Crippen molar-refractivity contribution >= 4 is 10.0 Å². The van der Waals surface area contributed by atoms with Crippen LogP contribution in [0.2, 0.25) is 0 Å². The third kappa shape index (κ3) is 4.47. The van der Waals surface area contributed by atoms with E-state index in [4.69, 9.17) is 4.74 Å². The normalized spacial score (nSPS) is 19.0. The van der Waals surface area contributed by atoms with E-state index in [0.29, 0.717) is 25.1 Å². The first kappa shape index (κ1) is 16.4. The summed E-state index contributed by atoms with van der Waals surface area (Å²) in [7, 11) is -2.00. The van der Waals surface area contributed by atoms with E-state index in [1.807, 2.05) is 0 Å². The summed E-state index contributed by atoms with van der Waals surface area (Å²) in [5, 5.41) is 2.88. The highest BCUT2D eigenvalue weighted by atomic mass is 32.2. The zero-order chi connectivity index (χ0) is 15.3. The fourth-order valence-electron chi connectivity index (χ4n) is 2.42. The fourth-order valence-corrected chi connectivity index (χ4v) is 3.71. The number of hydrogen-bond donors (Lipinski definition) is 2. The second kappa shape index (κ2) is 7.31. The lowest BCUT2D eigenvalue weighted by Crippen LogP contribution is -2.28. The average molecular weight is 316 g/mol. The summed E-state index contributed by atoms with van der Waals surface area (Å²) in [4.78, 5) is -0.0100. The second-order valence-electron chi connectivity index (χ2n) is 5.10. The van der Waals surface area contributed by atoms with Gasteiger partial charge in [0, 0.05) is 19.7 Å². The van der Waals surface area contributed by atoms with E-state index < -0.39 is 15.8 Å². The van der Waals surface area contributed by atoms with Gasteiger partial charge >= 0.3 is 0 Å². The lowest BCUT2D eigenvalue weighted by Gasteiger charge is -2.13. The highest BCUT2D eigenvalue weighted by molar-refractivity contribution is 7.89. The molecule has 2 N–H and O–H groups in total. The van der Waals surface area contributed by atoms with E-state index in [1.165, 1.54) is 12.1 Å². The summed E-state index contributed by atoms with van der Waals surface area (Å²) < 4.78 is 45.9. The van der Waals surface area contributed by atoms with Gasteiger partial charge in [-0.25, -0.2) is 17.5 Å². The molecule has 0 saturated carbocycles. The molecule has 0 bridgehead atoms. The van der Waals surface area contributed by atoms with Gasteiger partial charge in [-0.05, 0) is 44.0 Å². The first-order valence-electron chi connectivity index (χ1n) is 7.07. The Bertz CT molecular complexity index is 572. The molecule has 118 valence electrons. The molecule has 1 aromatic carbocycles. The molecule has 5 nitrogen and oxygen atoms in total. The Balaban J connectivity index is 2.05. The van der Waals surface area contributed by atoms with Crippen LogP contribution in [0.25, 0.3) is 0 Å². The summed E-state index contributed by atoms with van der Waals surface area (Å²) in [5.41, 5.74) is 0.545. The summed E-state index contributed by atoms with van der Waals surface area (Å²) in [6.07, 6.45) is 2.74. The summed E-state index contributed by atoms with van der Waals surface area (Å²) in [6, 6.07) is 3.81. The molecule has 21 heavy (non-hydrogen) atoms. The van der Waals surface area contributed by atoms with Crippen LogP contribution in [0.5, 0.6) is 0 Å². The van der Waals surface area contributed by atoms with Crippen molar-refractivity contribution in [2.45, 2.75) is 36.8 Å². The van der Waals surface area contributed by atoms with Gasteiger partial charge in [0.05, 0.1) is 11.0 Å². The van der Waals surface area contributed by atoms with E-state index in [1.54, 1.807) is 7.05 Å². The Hall–Kier alpha value is -1.02. The van der Waals surface area contributed by atoms with Crippen molar-refractivity contribution in [3.8, 4) is 0 Å². The van der Waals surface area contributed by atoms with E-state index in [-0.39, 0.29) is 11.0 Å². The molecule has 1 atom stereocenters. The molecule has 0 spiro atoms. The average Bonchev–Trinajstić information content (AvgIpc) is 2.94. The van der Waals surface area contributed by atoms with Gasteiger partial charge in [0.1, 0.15) is 5.82 Å². The van der Waals surface area contributed by atoms with Crippen LogP contribution in [-0.2, 0) is 21.3 Å². The van der Waals surface area contributed by atoms with Crippen LogP contribution in [0.4, 0.5) is 4.39 Å². The quantitative estimate of drug-likeness (QED) is 0.798. The Morgan fingerprint density at radius 2 is 2.24 bits per heavy atom. The van der Waals surface area contributed by atoms with Crippen molar-refractivity contribution in [3.63, 3.8) is 0 Å². The Morgan fingerprint density at radius 1 is 1.43 bits per heavy atom. The van der Waals surface area contributed by atoms with Crippen molar-refractivity contribution in [1.29, 1.82) is 0 Å². The molecule has 7 heteroatoms. The van der Waals surface area contributed by atoms with E-state index in [0.717, 1.165) is 25.5 Å². The molecular formula is C14H21FN2O3S. The van der Waals surface area contributed by atoms with Crippen LogP contribution < -0.4 is 10.0 Å². The molecule has 1 aliphatic rings. The number of ether oxygens (including phenoxy) is 1.